The van der Waals surface area contributed by atoms with Crippen molar-refractivity contribution >= 4 is 17.5 Å². The predicted molar refractivity (Wildman–Crippen MR) is 101 cm³/mol. The number of carbonyl (C=O) groups excluding carboxylic acids is 2. The lowest BCUT2D eigenvalue weighted by Gasteiger charge is -2.35. The summed E-state index contributed by atoms with van der Waals surface area (Å²) in [7, 11) is 0. The lowest BCUT2D eigenvalue weighted by Crippen LogP contribution is -2.48. The zero-order valence-corrected chi connectivity index (χ0v) is 15.2. The van der Waals surface area contributed by atoms with Crippen LogP contribution in [0.1, 0.15) is 28.5 Å². The summed E-state index contributed by atoms with van der Waals surface area (Å²) < 4.78 is 0. The van der Waals surface area contributed by atoms with Gasteiger partial charge in [0.2, 0.25) is 5.91 Å². The maximum atomic E-state index is 12.3. The SMILES string of the molecule is CC(=O)N1CCN(c2ccc(C(=O)NCc3cccc(C)c3)nc2)CC1. The summed E-state index contributed by atoms with van der Waals surface area (Å²) in [6, 6.07) is 11.7. The molecule has 0 aliphatic carbocycles. The average molecular weight is 352 g/mol. The van der Waals surface area contributed by atoms with E-state index >= 15 is 0 Å². The number of hydrogen-bond donors (Lipinski definition) is 1. The summed E-state index contributed by atoms with van der Waals surface area (Å²) >= 11 is 0. The molecule has 0 bridgehead atoms. The molecule has 1 saturated heterocycles. The fourth-order valence-corrected chi connectivity index (χ4v) is 3.08. The Morgan fingerprint density at radius 1 is 1.12 bits per heavy atom. The lowest BCUT2D eigenvalue weighted by atomic mass is 10.1. The molecule has 0 unspecified atom stereocenters. The van der Waals surface area contributed by atoms with Crippen molar-refractivity contribution < 1.29 is 9.59 Å². The molecule has 2 heterocycles. The van der Waals surface area contributed by atoms with Crippen LogP contribution in [0.25, 0.3) is 0 Å². The van der Waals surface area contributed by atoms with Crippen molar-refractivity contribution in [3.05, 3.63) is 59.4 Å². The number of carbonyl (C=O) groups is 2. The Bertz CT molecular complexity index is 781. The van der Waals surface area contributed by atoms with Crippen LogP contribution in [0.5, 0.6) is 0 Å². The summed E-state index contributed by atoms with van der Waals surface area (Å²) in [5.41, 5.74) is 3.62. The second kappa shape index (κ2) is 7.99. The molecule has 1 aliphatic rings. The maximum absolute atomic E-state index is 12.3. The third-order valence-electron chi connectivity index (χ3n) is 4.61. The molecule has 26 heavy (non-hydrogen) atoms. The Labute approximate surface area is 153 Å². The minimum Gasteiger partial charge on any atom is -0.367 e. The van der Waals surface area contributed by atoms with E-state index < -0.39 is 0 Å². The summed E-state index contributed by atoms with van der Waals surface area (Å²) in [5.74, 6) is -0.0668. The normalized spacial score (nSPS) is 14.2. The van der Waals surface area contributed by atoms with E-state index in [1.807, 2.05) is 36.1 Å². The zero-order chi connectivity index (χ0) is 18.5. The molecule has 1 aromatic heterocycles. The Balaban J connectivity index is 1.55. The van der Waals surface area contributed by atoms with Gasteiger partial charge in [0, 0.05) is 39.6 Å². The molecule has 0 radical (unpaired) electrons. The van der Waals surface area contributed by atoms with Gasteiger partial charge in [-0.05, 0) is 24.6 Å². The first-order chi connectivity index (χ1) is 12.5. The number of nitrogens with zero attached hydrogens (tertiary/aromatic N) is 3. The van der Waals surface area contributed by atoms with E-state index in [1.54, 1.807) is 19.2 Å². The Kier molecular flexibility index (Phi) is 5.51. The number of benzene rings is 1. The molecule has 2 amide bonds. The quantitative estimate of drug-likeness (QED) is 0.914. The Hall–Kier alpha value is -2.89. The van der Waals surface area contributed by atoms with Crippen LogP contribution in [-0.2, 0) is 11.3 Å². The van der Waals surface area contributed by atoms with Crippen LogP contribution in [-0.4, -0.2) is 47.9 Å². The largest absolute Gasteiger partial charge is 0.367 e. The van der Waals surface area contributed by atoms with Crippen molar-refractivity contribution in [3.63, 3.8) is 0 Å². The van der Waals surface area contributed by atoms with Crippen molar-refractivity contribution in [1.29, 1.82) is 0 Å². The number of amides is 2. The summed E-state index contributed by atoms with van der Waals surface area (Å²) in [4.78, 5) is 32.0. The van der Waals surface area contributed by atoms with Gasteiger partial charge in [-0.2, -0.15) is 0 Å². The lowest BCUT2D eigenvalue weighted by molar-refractivity contribution is -0.129. The summed E-state index contributed by atoms with van der Waals surface area (Å²) in [6.07, 6.45) is 1.73. The third kappa shape index (κ3) is 4.39. The molecule has 2 aromatic rings. The molecule has 1 N–H and O–H groups in total. The van der Waals surface area contributed by atoms with E-state index in [2.05, 4.69) is 21.3 Å². The second-order valence-electron chi connectivity index (χ2n) is 6.57. The topological polar surface area (TPSA) is 65.5 Å². The second-order valence-corrected chi connectivity index (χ2v) is 6.57. The van der Waals surface area contributed by atoms with Crippen molar-refractivity contribution in [1.82, 2.24) is 15.2 Å². The third-order valence-corrected chi connectivity index (χ3v) is 4.61. The van der Waals surface area contributed by atoms with E-state index in [4.69, 9.17) is 0 Å². The van der Waals surface area contributed by atoms with E-state index in [-0.39, 0.29) is 11.8 Å². The molecule has 0 spiro atoms. The van der Waals surface area contributed by atoms with Crippen molar-refractivity contribution in [2.45, 2.75) is 20.4 Å². The molecule has 0 saturated carbocycles. The highest BCUT2D eigenvalue weighted by Crippen LogP contribution is 2.16. The van der Waals surface area contributed by atoms with E-state index in [0.717, 1.165) is 24.3 Å². The van der Waals surface area contributed by atoms with Crippen LogP contribution < -0.4 is 10.2 Å². The first-order valence-electron chi connectivity index (χ1n) is 8.83. The Morgan fingerprint density at radius 3 is 2.50 bits per heavy atom. The van der Waals surface area contributed by atoms with Gasteiger partial charge in [-0.1, -0.05) is 29.8 Å². The molecular formula is C20H24N4O2. The van der Waals surface area contributed by atoms with Crippen LogP contribution >= 0.6 is 0 Å². The highest BCUT2D eigenvalue weighted by molar-refractivity contribution is 5.92. The highest BCUT2D eigenvalue weighted by Gasteiger charge is 2.19. The van der Waals surface area contributed by atoms with E-state index in [1.165, 1.54) is 5.56 Å². The van der Waals surface area contributed by atoms with Crippen LogP contribution in [0, 0.1) is 6.92 Å². The smallest absolute Gasteiger partial charge is 0.270 e. The number of piperazine rings is 1. The molecule has 1 aliphatic heterocycles. The number of hydrogen-bond acceptors (Lipinski definition) is 4. The van der Waals surface area contributed by atoms with Crippen LogP contribution in [0.2, 0.25) is 0 Å². The molecular weight excluding hydrogens is 328 g/mol. The van der Waals surface area contributed by atoms with E-state index in [9.17, 15) is 9.59 Å². The first-order valence-corrected chi connectivity index (χ1v) is 8.83. The minimum atomic E-state index is -0.181. The van der Waals surface area contributed by atoms with Crippen LogP contribution in [0.15, 0.2) is 42.6 Å². The predicted octanol–water partition coefficient (Wildman–Crippen LogP) is 1.99. The molecule has 136 valence electrons. The fraction of sp³-hybridized carbons (Fsp3) is 0.350. The van der Waals surface area contributed by atoms with Crippen LogP contribution in [0.3, 0.4) is 0 Å². The Morgan fingerprint density at radius 2 is 1.88 bits per heavy atom. The van der Waals surface area contributed by atoms with Crippen LogP contribution in [0.4, 0.5) is 5.69 Å². The molecule has 3 rings (SSSR count). The van der Waals surface area contributed by atoms with Crippen molar-refractivity contribution in [2.75, 3.05) is 31.1 Å². The molecule has 1 fully saturated rings. The fourth-order valence-electron chi connectivity index (χ4n) is 3.08. The van der Waals surface area contributed by atoms with Crippen molar-refractivity contribution in [3.8, 4) is 0 Å². The number of aryl methyl sites for hydroxylation is 1. The van der Waals surface area contributed by atoms with Crippen molar-refractivity contribution in [2.24, 2.45) is 0 Å². The number of nitrogens with one attached hydrogen (secondary N) is 1. The first kappa shape index (κ1) is 17.9. The average Bonchev–Trinajstić information content (AvgIpc) is 2.66. The number of rotatable bonds is 4. The van der Waals surface area contributed by atoms with Gasteiger partial charge >= 0.3 is 0 Å². The molecule has 0 atom stereocenters. The summed E-state index contributed by atoms with van der Waals surface area (Å²) in [6.45, 7) is 7.10. The van der Waals surface area contributed by atoms with Gasteiger partial charge in [-0.25, -0.2) is 4.98 Å². The molecule has 6 heteroatoms. The van der Waals surface area contributed by atoms with Gasteiger partial charge in [0.05, 0.1) is 11.9 Å². The molecule has 6 nitrogen and oxygen atoms in total. The van der Waals surface area contributed by atoms with Gasteiger partial charge in [0.25, 0.3) is 5.91 Å². The molecule has 1 aromatic carbocycles. The number of pyridine rings is 1. The van der Waals surface area contributed by atoms with E-state index in [0.29, 0.717) is 25.3 Å². The van der Waals surface area contributed by atoms with Gasteiger partial charge in [0.15, 0.2) is 0 Å². The minimum absolute atomic E-state index is 0.114. The van der Waals surface area contributed by atoms with Gasteiger partial charge < -0.3 is 15.1 Å². The highest BCUT2D eigenvalue weighted by atomic mass is 16.2. The van der Waals surface area contributed by atoms with Gasteiger partial charge in [-0.15, -0.1) is 0 Å². The maximum Gasteiger partial charge on any atom is 0.270 e. The number of anilines is 1. The van der Waals surface area contributed by atoms with Gasteiger partial charge in [-0.3, -0.25) is 9.59 Å². The standard InChI is InChI=1S/C20H24N4O2/c1-15-4-3-5-17(12-15)13-22-20(26)19-7-6-18(14-21-19)24-10-8-23(9-11-24)16(2)25/h3-7,12,14H,8-11,13H2,1-2H3,(H,22,26). The monoisotopic (exact) mass is 352 g/mol. The number of aromatic nitrogens is 1. The van der Waals surface area contributed by atoms with Gasteiger partial charge in [0.1, 0.15) is 5.69 Å². The zero-order valence-electron chi connectivity index (χ0n) is 15.2. The summed E-state index contributed by atoms with van der Waals surface area (Å²) in [5, 5.41) is 2.90.